The Morgan fingerprint density at radius 2 is 2.14 bits per heavy atom. The average molecular weight is 216 g/mol. The number of rotatable bonds is 4. The van der Waals surface area contributed by atoms with Gasteiger partial charge in [-0.1, -0.05) is 6.92 Å². The molecule has 0 spiro atoms. The van der Waals surface area contributed by atoms with E-state index in [4.69, 9.17) is 0 Å². The molecule has 3 nitrogen and oxygen atoms in total. The van der Waals surface area contributed by atoms with Crippen molar-refractivity contribution >= 4 is 17.7 Å². The maximum absolute atomic E-state index is 11.3. The lowest BCUT2D eigenvalue weighted by Crippen LogP contribution is -2.43. The van der Waals surface area contributed by atoms with Gasteiger partial charge in [0, 0.05) is 6.54 Å². The maximum atomic E-state index is 11.3. The van der Waals surface area contributed by atoms with Crippen molar-refractivity contribution in [2.24, 2.45) is 5.41 Å². The summed E-state index contributed by atoms with van der Waals surface area (Å²) in [5.41, 5.74) is 0.305. The third-order valence-corrected chi connectivity index (χ3v) is 3.35. The number of hydrogen-bond donors (Lipinski definition) is 2. The van der Waals surface area contributed by atoms with Crippen molar-refractivity contribution in [3.05, 3.63) is 0 Å². The molecule has 2 N–H and O–H groups in total. The highest BCUT2D eigenvalue weighted by atomic mass is 32.2. The Labute approximate surface area is 90.4 Å². The molecule has 0 radical (unpaired) electrons. The van der Waals surface area contributed by atoms with E-state index in [1.165, 1.54) is 0 Å². The number of carbonyl (C=O) groups excluding carboxylic acids is 1. The highest BCUT2D eigenvalue weighted by Crippen LogP contribution is 2.26. The molecule has 0 aliphatic carbocycles. The number of hydrogen-bond acceptors (Lipinski definition) is 3. The Morgan fingerprint density at radius 3 is 2.71 bits per heavy atom. The van der Waals surface area contributed by atoms with Crippen LogP contribution in [-0.4, -0.2) is 37.6 Å². The van der Waals surface area contributed by atoms with Crippen LogP contribution < -0.4 is 10.6 Å². The predicted octanol–water partition coefficient (Wildman–Crippen LogP) is 0.855. The predicted molar refractivity (Wildman–Crippen MR) is 61.6 cm³/mol. The van der Waals surface area contributed by atoms with Crippen molar-refractivity contribution in [1.29, 1.82) is 0 Å². The zero-order valence-corrected chi connectivity index (χ0v) is 9.88. The highest BCUT2D eigenvalue weighted by molar-refractivity contribution is 7.99. The van der Waals surface area contributed by atoms with Gasteiger partial charge in [0.2, 0.25) is 5.91 Å². The van der Waals surface area contributed by atoms with Crippen molar-refractivity contribution in [3.8, 4) is 0 Å². The highest BCUT2D eigenvalue weighted by Gasteiger charge is 2.26. The maximum Gasteiger partial charge on any atom is 0.230 e. The van der Waals surface area contributed by atoms with Gasteiger partial charge in [0.1, 0.15) is 0 Å². The Morgan fingerprint density at radius 1 is 1.50 bits per heavy atom. The smallest absolute Gasteiger partial charge is 0.230 e. The second kappa shape index (κ2) is 5.61. The third-order valence-electron chi connectivity index (χ3n) is 2.80. The fraction of sp³-hybridized carbons (Fsp3) is 0.900. The second-order valence-corrected chi connectivity index (χ2v) is 5.14. The molecule has 1 aliphatic rings. The minimum atomic E-state index is 0.164. The van der Waals surface area contributed by atoms with Crippen LogP contribution in [0, 0.1) is 5.41 Å². The molecule has 1 aliphatic heterocycles. The van der Waals surface area contributed by atoms with Crippen LogP contribution in [0.15, 0.2) is 0 Å². The molecule has 0 aromatic carbocycles. The van der Waals surface area contributed by atoms with Crippen LogP contribution in [0.2, 0.25) is 0 Å². The quantitative estimate of drug-likeness (QED) is 0.732. The number of piperidine rings is 1. The molecule has 82 valence electrons. The monoisotopic (exact) mass is 216 g/mol. The molecule has 1 heterocycles. The number of nitrogens with one attached hydrogen (secondary N) is 2. The summed E-state index contributed by atoms with van der Waals surface area (Å²) in [4.78, 5) is 11.3. The largest absolute Gasteiger partial charge is 0.355 e. The second-order valence-electron chi connectivity index (χ2n) is 4.27. The van der Waals surface area contributed by atoms with E-state index >= 15 is 0 Å². The molecular formula is C10H20N2OS. The summed E-state index contributed by atoms with van der Waals surface area (Å²) in [5, 5.41) is 6.34. The minimum absolute atomic E-state index is 0.164. The molecule has 0 aromatic heterocycles. The molecule has 4 heteroatoms. The average Bonchev–Trinajstić information content (AvgIpc) is 2.17. The molecule has 1 amide bonds. The standard InChI is InChI=1S/C10H20N2OS/c1-10(3-5-11-6-4-10)8-12-9(13)7-14-2/h11H,3-8H2,1-2H3,(H,12,13). The summed E-state index contributed by atoms with van der Waals surface area (Å²) in [6, 6.07) is 0. The van der Waals surface area contributed by atoms with Crippen LogP contribution in [0.5, 0.6) is 0 Å². The Bertz CT molecular complexity index is 191. The van der Waals surface area contributed by atoms with Crippen molar-refractivity contribution in [2.75, 3.05) is 31.6 Å². The van der Waals surface area contributed by atoms with E-state index in [0.29, 0.717) is 11.2 Å². The SMILES string of the molecule is CSCC(=O)NCC1(C)CCNCC1. The van der Waals surface area contributed by atoms with Crippen molar-refractivity contribution in [3.63, 3.8) is 0 Å². The van der Waals surface area contributed by atoms with Crippen LogP contribution in [0.3, 0.4) is 0 Å². The molecule has 1 saturated heterocycles. The summed E-state index contributed by atoms with van der Waals surface area (Å²) in [6.07, 6.45) is 4.27. The lowest BCUT2D eigenvalue weighted by molar-refractivity contribution is -0.119. The minimum Gasteiger partial charge on any atom is -0.355 e. The molecule has 1 fully saturated rings. The summed E-state index contributed by atoms with van der Waals surface area (Å²) in [5.74, 6) is 0.742. The van der Waals surface area contributed by atoms with Gasteiger partial charge in [0.25, 0.3) is 0 Å². The fourth-order valence-electron chi connectivity index (χ4n) is 1.70. The van der Waals surface area contributed by atoms with E-state index in [2.05, 4.69) is 17.6 Å². The number of carbonyl (C=O) groups is 1. The van der Waals surface area contributed by atoms with Gasteiger partial charge in [-0.25, -0.2) is 0 Å². The molecule has 14 heavy (non-hydrogen) atoms. The number of thioether (sulfide) groups is 1. The van der Waals surface area contributed by atoms with Crippen LogP contribution in [-0.2, 0) is 4.79 Å². The summed E-state index contributed by atoms with van der Waals surface area (Å²) >= 11 is 1.57. The molecule has 0 atom stereocenters. The Hall–Kier alpha value is -0.220. The zero-order chi connectivity index (χ0) is 10.4. The lowest BCUT2D eigenvalue weighted by Gasteiger charge is -2.34. The van der Waals surface area contributed by atoms with E-state index in [9.17, 15) is 4.79 Å². The van der Waals surface area contributed by atoms with Crippen LogP contribution in [0.4, 0.5) is 0 Å². The van der Waals surface area contributed by atoms with Crippen LogP contribution in [0.1, 0.15) is 19.8 Å². The van der Waals surface area contributed by atoms with Gasteiger partial charge in [-0.05, 0) is 37.6 Å². The zero-order valence-electron chi connectivity index (χ0n) is 9.06. The van der Waals surface area contributed by atoms with Gasteiger partial charge in [0.15, 0.2) is 0 Å². The summed E-state index contributed by atoms with van der Waals surface area (Å²) in [7, 11) is 0. The normalized spacial score (nSPS) is 20.4. The first kappa shape index (κ1) is 11.9. The van der Waals surface area contributed by atoms with Gasteiger partial charge in [-0.2, -0.15) is 11.8 Å². The number of amides is 1. The topological polar surface area (TPSA) is 41.1 Å². The lowest BCUT2D eigenvalue weighted by atomic mass is 9.81. The van der Waals surface area contributed by atoms with Crippen molar-refractivity contribution in [2.45, 2.75) is 19.8 Å². The first-order valence-corrected chi connectivity index (χ1v) is 6.52. The van der Waals surface area contributed by atoms with E-state index in [1.807, 2.05) is 6.26 Å². The molecule has 0 unspecified atom stereocenters. The van der Waals surface area contributed by atoms with Gasteiger partial charge in [-0.3, -0.25) is 4.79 Å². The summed E-state index contributed by atoms with van der Waals surface area (Å²) < 4.78 is 0. The van der Waals surface area contributed by atoms with Crippen LogP contribution >= 0.6 is 11.8 Å². The molecule has 0 bridgehead atoms. The Kier molecular flexibility index (Phi) is 4.75. The van der Waals surface area contributed by atoms with Gasteiger partial charge >= 0.3 is 0 Å². The summed E-state index contributed by atoms with van der Waals surface area (Å²) in [6.45, 7) is 5.24. The van der Waals surface area contributed by atoms with Crippen molar-refractivity contribution < 1.29 is 4.79 Å². The van der Waals surface area contributed by atoms with Gasteiger partial charge in [-0.15, -0.1) is 0 Å². The van der Waals surface area contributed by atoms with E-state index in [-0.39, 0.29) is 5.91 Å². The molecular weight excluding hydrogens is 196 g/mol. The fourth-order valence-corrected chi connectivity index (χ4v) is 2.07. The first-order valence-electron chi connectivity index (χ1n) is 5.13. The van der Waals surface area contributed by atoms with Crippen molar-refractivity contribution in [1.82, 2.24) is 10.6 Å². The molecule has 0 aromatic rings. The van der Waals surface area contributed by atoms with E-state index in [0.717, 1.165) is 32.5 Å². The molecule has 0 saturated carbocycles. The third kappa shape index (κ3) is 3.88. The van der Waals surface area contributed by atoms with E-state index < -0.39 is 0 Å². The molecule has 1 rings (SSSR count). The van der Waals surface area contributed by atoms with Gasteiger partial charge in [0.05, 0.1) is 5.75 Å². The Balaban J connectivity index is 2.24. The van der Waals surface area contributed by atoms with E-state index in [1.54, 1.807) is 11.8 Å². The first-order chi connectivity index (χ1) is 6.66. The van der Waals surface area contributed by atoms with Gasteiger partial charge < -0.3 is 10.6 Å². The van der Waals surface area contributed by atoms with Crippen LogP contribution in [0.25, 0.3) is 0 Å².